The van der Waals surface area contributed by atoms with Crippen molar-refractivity contribution in [2.45, 2.75) is 18.9 Å². The lowest BCUT2D eigenvalue weighted by molar-refractivity contribution is 0.0602. The summed E-state index contributed by atoms with van der Waals surface area (Å²) < 4.78 is 4.68. The molecule has 0 aliphatic carbocycles. The topological polar surface area (TPSA) is 77.2 Å². The number of methoxy groups -OCH3 is 1. The monoisotopic (exact) mass is 267 g/mol. The fraction of sp³-hybridized carbons (Fsp3) is 0.500. The first-order valence-corrected chi connectivity index (χ1v) is 7.04. The van der Waals surface area contributed by atoms with Crippen molar-refractivity contribution in [2.24, 2.45) is 0 Å². The van der Waals surface area contributed by atoms with Crippen molar-refractivity contribution < 1.29 is 9.53 Å². The molecule has 2 rings (SSSR count). The first-order chi connectivity index (χ1) is 8.70. The lowest BCUT2D eigenvalue weighted by Gasteiger charge is -2.23. The van der Waals surface area contributed by atoms with Gasteiger partial charge in [0.25, 0.3) is 0 Å². The van der Waals surface area contributed by atoms with Crippen molar-refractivity contribution in [1.82, 2.24) is 4.98 Å². The first-order valence-electron chi connectivity index (χ1n) is 5.89. The van der Waals surface area contributed by atoms with Crippen molar-refractivity contribution in [2.75, 3.05) is 29.7 Å². The number of nitrogen functional groups attached to an aromatic ring is 1. The number of anilines is 2. The highest BCUT2D eigenvalue weighted by Gasteiger charge is 2.16. The average molecular weight is 267 g/mol. The number of hydrogen-bond donors (Lipinski definition) is 2. The van der Waals surface area contributed by atoms with Gasteiger partial charge in [0.2, 0.25) is 0 Å². The minimum Gasteiger partial charge on any atom is -0.465 e. The second-order valence-corrected chi connectivity index (χ2v) is 5.40. The van der Waals surface area contributed by atoms with Crippen LogP contribution >= 0.6 is 11.8 Å². The quantitative estimate of drug-likeness (QED) is 0.813. The van der Waals surface area contributed by atoms with E-state index in [0.29, 0.717) is 23.1 Å². The number of nitrogens with two attached hydrogens (primary N) is 1. The molecule has 0 amide bonds. The predicted molar refractivity (Wildman–Crippen MR) is 74.0 cm³/mol. The van der Waals surface area contributed by atoms with Crippen LogP contribution in [0.4, 0.5) is 11.5 Å². The van der Waals surface area contributed by atoms with E-state index in [-0.39, 0.29) is 0 Å². The first kappa shape index (κ1) is 13.0. The number of ether oxygens (including phenoxy) is 1. The van der Waals surface area contributed by atoms with Crippen LogP contribution in [0.1, 0.15) is 23.2 Å². The number of thioether (sulfide) groups is 1. The van der Waals surface area contributed by atoms with E-state index in [4.69, 9.17) is 5.73 Å². The van der Waals surface area contributed by atoms with Crippen LogP contribution in [0.2, 0.25) is 0 Å². The minimum atomic E-state index is -0.433. The van der Waals surface area contributed by atoms with Gasteiger partial charge in [0.15, 0.2) is 0 Å². The Bertz CT molecular complexity index is 433. The summed E-state index contributed by atoms with van der Waals surface area (Å²) in [5.41, 5.74) is 6.41. The Balaban J connectivity index is 2.11. The number of carbonyl (C=O) groups is 1. The van der Waals surface area contributed by atoms with Crippen LogP contribution in [0.5, 0.6) is 0 Å². The molecule has 1 aromatic heterocycles. The Morgan fingerprint density at radius 1 is 1.56 bits per heavy atom. The molecule has 6 heteroatoms. The summed E-state index contributed by atoms with van der Waals surface area (Å²) in [6, 6.07) is 2.08. The van der Waals surface area contributed by atoms with Crippen LogP contribution in [0.15, 0.2) is 12.3 Å². The van der Waals surface area contributed by atoms with Gasteiger partial charge in [-0.2, -0.15) is 11.8 Å². The molecule has 1 aliphatic heterocycles. The molecule has 1 aromatic rings. The molecule has 0 aromatic carbocycles. The summed E-state index contributed by atoms with van der Waals surface area (Å²) >= 11 is 1.97. The zero-order valence-electron chi connectivity index (χ0n) is 10.3. The van der Waals surface area contributed by atoms with Gasteiger partial charge in [-0.3, -0.25) is 0 Å². The molecule has 18 heavy (non-hydrogen) atoms. The summed E-state index contributed by atoms with van der Waals surface area (Å²) in [7, 11) is 1.34. The SMILES string of the molecule is COC(=O)c1cc(NC2CCSCC2)ncc1N. The fourth-order valence-electron chi connectivity index (χ4n) is 1.88. The lowest BCUT2D eigenvalue weighted by Crippen LogP contribution is -2.25. The van der Waals surface area contributed by atoms with Gasteiger partial charge in [0.1, 0.15) is 5.82 Å². The Morgan fingerprint density at radius 3 is 2.94 bits per heavy atom. The van der Waals surface area contributed by atoms with Gasteiger partial charge in [-0.1, -0.05) is 0 Å². The van der Waals surface area contributed by atoms with E-state index < -0.39 is 5.97 Å². The van der Waals surface area contributed by atoms with Gasteiger partial charge in [-0.25, -0.2) is 9.78 Å². The molecule has 98 valence electrons. The molecule has 3 N–H and O–H groups in total. The molecule has 1 fully saturated rings. The maximum absolute atomic E-state index is 11.5. The molecular formula is C12H17N3O2S. The van der Waals surface area contributed by atoms with E-state index in [1.54, 1.807) is 6.07 Å². The van der Waals surface area contributed by atoms with Gasteiger partial charge in [0.05, 0.1) is 24.6 Å². The summed E-state index contributed by atoms with van der Waals surface area (Å²) in [4.78, 5) is 15.7. The van der Waals surface area contributed by atoms with Gasteiger partial charge in [-0.05, 0) is 30.4 Å². The highest BCUT2D eigenvalue weighted by atomic mass is 32.2. The number of esters is 1. The number of carbonyl (C=O) groups excluding carboxylic acids is 1. The molecule has 0 unspecified atom stereocenters. The largest absolute Gasteiger partial charge is 0.465 e. The van der Waals surface area contributed by atoms with Crippen molar-refractivity contribution >= 4 is 29.2 Å². The van der Waals surface area contributed by atoms with E-state index in [1.807, 2.05) is 11.8 Å². The van der Waals surface area contributed by atoms with Crippen LogP contribution in [-0.4, -0.2) is 35.6 Å². The third-order valence-electron chi connectivity index (χ3n) is 2.91. The molecule has 5 nitrogen and oxygen atoms in total. The summed E-state index contributed by atoms with van der Waals surface area (Å²) in [6.07, 6.45) is 3.72. The summed E-state index contributed by atoms with van der Waals surface area (Å²) in [5, 5.41) is 3.34. The van der Waals surface area contributed by atoms with E-state index in [1.165, 1.54) is 13.3 Å². The summed E-state index contributed by atoms with van der Waals surface area (Å²) in [5.74, 6) is 2.58. The highest BCUT2D eigenvalue weighted by molar-refractivity contribution is 7.99. The van der Waals surface area contributed by atoms with Gasteiger partial charge in [0, 0.05) is 6.04 Å². The third-order valence-corrected chi connectivity index (χ3v) is 3.96. The Kier molecular flexibility index (Phi) is 4.30. The highest BCUT2D eigenvalue weighted by Crippen LogP contribution is 2.22. The van der Waals surface area contributed by atoms with E-state index in [2.05, 4.69) is 15.0 Å². The molecule has 1 aliphatic rings. The molecule has 0 bridgehead atoms. The normalized spacial score (nSPS) is 16.3. The third kappa shape index (κ3) is 3.07. The van der Waals surface area contributed by atoms with E-state index in [0.717, 1.165) is 24.3 Å². The smallest absolute Gasteiger partial charge is 0.340 e. The van der Waals surface area contributed by atoms with Gasteiger partial charge >= 0.3 is 5.97 Å². The number of nitrogens with one attached hydrogen (secondary N) is 1. The van der Waals surface area contributed by atoms with Gasteiger partial charge in [-0.15, -0.1) is 0 Å². The zero-order chi connectivity index (χ0) is 13.0. The Hall–Kier alpha value is -1.43. The second-order valence-electron chi connectivity index (χ2n) is 4.18. The van der Waals surface area contributed by atoms with Crippen molar-refractivity contribution in [3.8, 4) is 0 Å². The molecule has 0 spiro atoms. The fourth-order valence-corrected chi connectivity index (χ4v) is 2.99. The van der Waals surface area contributed by atoms with Crippen LogP contribution in [0.25, 0.3) is 0 Å². The predicted octanol–water partition coefficient (Wildman–Crippen LogP) is 1.76. The number of aromatic nitrogens is 1. The van der Waals surface area contributed by atoms with Crippen LogP contribution < -0.4 is 11.1 Å². The zero-order valence-corrected chi connectivity index (χ0v) is 11.1. The molecule has 0 radical (unpaired) electrons. The van der Waals surface area contributed by atoms with Crippen molar-refractivity contribution in [1.29, 1.82) is 0 Å². The summed E-state index contributed by atoms with van der Waals surface area (Å²) in [6.45, 7) is 0. The van der Waals surface area contributed by atoms with Crippen LogP contribution in [0.3, 0.4) is 0 Å². The number of rotatable bonds is 3. The second kappa shape index (κ2) is 5.95. The van der Waals surface area contributed by atoms with Crippen LogP contribution in [-0.2, 0) is 4.74 Å². The Labute approximate surface area is 110 Å². The molecular weight excluding hydrogens is 250 g/mol. The van der Waals surface area contributed by atoms with Gasteiger partial charge < -0.3 is 15.8 Å². The maximum Gasteiger partial charge on any atom is 0.340 e. The number of nitrogens with zero attached hydrogens (tertiary/aromatic N) is 1. The molecule has 1 saturated heterocycles. The molecule has 2 heterocycles. The number of hydrogen-bond acceptors (Lipinski definition) is 6. The average Bonchev–Trinajstić information content (AvgIpc) is 2.41. The lowest BCUT2D eigenvalue weighted by atomic mass is 10.1. The van der Waals surface area contributed by atoms with Crippen LogP contribution in [0, 0.1) is 0 Å². The van der Waals surface area contributed by atoms with E-state index in [9.17, 15) is 4.79 Å². The van der Waals surface area contributed by atoms with Crippen molar-refractivity contribution in [3.05, 3.63) is 17.8 Å². The standard InChI is InChI=1S/C12H17N3O2S/c1-17-12(16)9-6-11(14-7-10(9)13)15-8-2-4-18-5-3-8/h6-8H,2-5,13H2,1H3,(H,14,15). The maximum atomic E-state index is 11.5. The van der Waals surface area contributed by atoms with Crippen molar-refractivity contribution in [3.63, 3.8) is 0 Å². The van der Waals surface area contributed by atoms with E-state index >= 15 is 0 Å². The molecule has 0 atom stereocenters. The minimum absolute atomic E-state index is 0.339. The molecule has 0 saturated carbocycles. The number of pyridine rings is 1. The Morgan fingerprint density at radius 2 is 2.28 bits per heavy atom.